The molecule has 0 aliphatic heterocycles. The number of benzene rings is 1. The molecule has 3 nitrogen and oxygen atoms in total. The summed E-state index contributed by atoms with van der Waals surface area (Å²) in [6.45, 7) is 2.60. The first-order valence-electron chi connectivity index (χ1n) is 5.88. The van der Waals surface area contributed by atoms with Gasteiger partial charge >= 0.3 is 0 Å². The minimum Gasteiger partial charge on any atom is -0.356 e. The van der Waals surface area contributed by atoms with E-state index in [1.165, 1.54) is 0 Å². The van der Waals surface area contributed by atoms with Gasteiger partial charge in [0.15, 0.2) is 0 Å². The Hall–Kier alpha value is -1.06. The Morgan fingerprint density at radius 2 is 2.29 bits per heavy atom. The van der Waals surface area contributed by atoms with Gasteiger partial charge in [-0.2, -0.15) is 0 Å². The van der Waals surface area contributed by atoms with Gasteiger partial charge in [0.2, 0.25) is 5.91 Å². The molecule has 0 aliphatic carbocycles. The lowest BCUT2D eigenvalue weighted by Crippen LogP contribution is -2.32. The van der Waals surface area contributed by atoms with E-state index in [-0.39, 0.29) is 11.9 Å². The molecular formula is C13H19ClN2O. The molecule has 1 amide bonds. The molecule has 0 heterocycles. The Balaban J connectivity index is 2.26. The van der Waals surface area contributed by atoms with E-state index in [1.807, 2.05) is 31.2 Å². The molecule has 4 heteroatoms. The highest BCUT2D eigenvalue weighted by Gasteiger charge is 2.06. The highest BCUT2D eigenvalue weighted by molar-refractivity contribution is 6.30. The van der Waals surface area contributed by atoms with Gasteiger partial charge in [-0.15, -0.1) is 0 Å². The second-order valence-corrected chi connectivity index (χ2v) is 4.54. The maximum Gasteiger partial charge on any atom is 0.221 e. The summed E-state index contributed by atoms with van der Waals surface area (Å²) in [6.07, 6.45) is 2.00. The van der Waals surface area contributed by atoms with E-state index in [2.05, 4.69) is 5.32 Å². The molecule has 3 N–H and O–H groups in total. The van der Waals surface area contributed by atoms with Crippen molar-refractivity contribution in [1.29, 1.82) is 0 Å². The molecule has 94 valence electrons. The largest absolute Gasteiger partial charge is 0.356 e. The number of rotatable bonds is 6. The highest BCUT2D eigenvalue weighted by Crippen LogP contribution is 2.10. The second kappa shape index (κ2) is 7.30. The molecule has 1 rings (SSSR count). The van der Waals surface area contributed by atoms with Gasteiger partial charge < -0.3 is 11.1 Å². The predicted molar refractivity (Wildman–Crippen MR) is 71.0 cm³/mol. The normalized spacial score (nSPS) is 12.2. The van der Waals surface area contributed by atoms with Crippen LogP contribution in [0.25, 0.3) is 0 Å². The summed E-state index contributed by atoms with van der Waals surface area (Å²) in [5, 5.41) is 3.58. The van der Waals surface area contributed by atoms with Crippen LogP contribution in [0.4, 0.5) is 0 Å². The fourth-order valence-electron chi connectivity index (χ4n) is 1.49. The molecule has 0 aliphatic rings. The molecule has 0 saturated carbocycles. The lowest BCUT2D eigenvalue weighted by Gasteiger charge is -2.09. The summed E-state index contributed by atoms with van der Waals surface area (Å²) >= 11 is 5.87. The van der Waals surface area contributed by atoms with Crippen LogP contribution in [-0.2, 0) is 11.2 Å². The minimum atomic E-state index is -0.0406. The van der Waals surface area contributed by atoms with Crippen LogP contribution < -0.4 is 11.1 Å². The second-order valence-electron chi connectivity index (χ2n) is 4.10. The van der Waals surface area contributed by atoms with Crippen LogP contribution in [-0.4, -0.2) is 18.5 Å². The molecule has 1 unspecified atom stereocenters. The third kappa shape index (κ3) is 5.71. The number of hydrogen-bond acceptors (Lipinski definition) is 2. The van der Waals surface area contributed by atoms with Crippen LogP contribution in [0.3, 0.4) is 0 Å². The number of nitrogens with two attached hydrogens (primary N) is 1. The summed E-state index contributed by atoms with van der Waals surface area (Å²) in [5.74, 6) is 0.0152. The van der Waals surface area contributed by atoms with Crippen LogP contribution in [0.1, 0.15) is 25.3 Å². The maximum atomic E-state index is 11.5. The summed E-state index contributed by atoms with van der Waals surface area (Å²) in [5.41, 5.74) is 6.82. The van der Waals surface area contributed by atoms with Gasteiger partial charge in [0.1, 0.15) is 0 Å². The van der Waals surface area contributed by atoms with Crippen LogP contribution in [0.2, 0.25) is 5.02 Å². The van der Waals surface area contributed by atoms with E-state index in [9.17, 15) is 4.79 Å². The van der Waals surface area contributed by atoms with Crippen LogP contribution >= 0.6 is 11.6 Å². The third-order valence-electron chi connectivity index (χ3n) is 2.60. The number of hydrogen-bond donors (Lipinski definition) is 2. The van der Waals surface area contributed by atoms with E-state index >= 15 is 0 Å². The average molecular weight is 255 g/mol. The molecule has 1 aromatic rings. The van der Waals surface area contributed by atoms with Crippen molar-refractivity contribution in [1.82, 2.24) is 5.32 Å². The minimum absolute atomic E-state index is 0.0152. The standard InChI is InChI=1S/C13H19ClN2O/c1-2-12(15)9-13(17)16-7-6-10-4-3-5-11(14)8-10/h3-5,8,12H,2,6-7,9,15H2,1H3,(H,16,17). The van der Waals surface area contributed by atoms with Crippen LogP contribution in [0, 0.1) is 0 Å². The summed E-state index contributed by atoms with van der Waals surface area (Å²) < 4.78 is 0. The summed E-state index contributed by atoms with van der Waals surface area (Å²) in [7, 11) is 0. The number of carbonyl (C=O) groups is 1. The summed E-state index contributed by atoms with van der Waals surface area (Å²) in [4.78, 5) is 11.5. The van der Waals surface area contributed by atoms with Gasteiger partial charge in [-0.25, -0.2) is 0 Å². The molecule has 0 radical (unpaired) electrons. The van der Waals surface area contributed by atoms with E-state index in [0.717, 1.165) is 23.4 Å². The Morgan fingerprint density at radius 1 is 1.53 bits per heavy atom. The Bertz CT molecular complexity index is 368. The predicted octanol–water partition coefficient (Wildman–Crippen LogP) is 2.13. The zero-order chi connectivity index (χ0) is 12.7. The highest BCUT2D eigenvalue weighted by atomic mass is 35.5. The molecule has 1 aromatic carbocycles. The molecular weight excluding hydrogens is 236 g/mol. The lowest BCUT2D eigenvalue weighted by molar-refractivity contribution is -0.121. The molecule has 17 heavy (non-hydrogen) atoms. The SMILES string of the molecule is CCC(N)CC(=O)NCCc1cccc(Cl)c1. The molecule has 0 spiro atoms. The molecule has 1 atom stereocenters. The smallest absolute Gasteiger partial charge is 0.221 e. The number of nitrogens with one attached hydrogen (secondary N) is 1. The van der Waals surface area contributed by atoms with Crippen molar-refractivity contribution in [2.24, 2.45) is 5.73 Å². The van der Waals surface area contributed by atoms with E-state index in [0.29, 0.717) is 13.0 Å². The average Bonchev–Trinajstić information content (AvgIpc) is 2.29. The van der Waals surface area contributed by atoms with Crippen molar-refractivity contribution >= 4 is 17.5 Å². The molecule has 0 fully saturated rings. The molecule has 0 bridgehead atoms. The first-order valence-corrected chi connectivity index (χ1v) is 6.26. The van der Waals surface area contributed by atoms with Crippen LogP contribution in [0.15, 0.2) is 24.3 Å². The topological polar surface area (TPSA) is 55.1 Å². The summed E-state index contributed by atoms with van der Waals surface area (Å²) in [6, 6.07) is 7.61. The van der Waals surface area contributed by atoms with Crippen molar-refractivity contribution in [3.63, 3.8) is 0 Å². The lowest BCUT2D eigenvalue weighted by atomic mass is 10.1. The van der Waals surface area contributed by atoms with Gasteiger partial charge in [0.25, 0.3) is 0 Å². The molecule has 0 aromatic heterocycles. The molecule has 0 saturated heterocycles. The van der Waals surface area contributed by atoms with Gasteiger partial charge in [0.05, 0.1) is 0 Å². The van der Waals surface area contributed by atoms with E-state index < -0.39 is 0 Å². The maximum absolute atomic E-state index is 11.5. The Labute approximate surface area is 107 Å². The van der Waals surface area contributed by atoms with Crippen molar-refractivity contribution in [3.8, 4) is 0 Å². The number of halogens is 1. The van der Waals surface area contributed by atoms with Crippen molar-refractivity contribution in [3.05, 3.63) is 34.9 Å². The zero-order valence-electron chi connectivity index (χ0n) is 10.1. The number of amides is 1. The number of carbonyl (C=O) groups excluding carboxylic acids is 1. The quantitative estimate of drug-likeness (QED) is 0.817. The van der Waals surface area contributed by atoms with E-state index in [4.69, 9.17) is 17.3 Å². The fourth-order valence-corrected chi connectivity index (χ4v) is 1.71. The van der Waals surface area contributed by atoms with Crippen molar-refractivity contribution in [2.45, 2.75) is 32.2 Å². The van der Waals surface area contributed by atoms with Gasteiger partial charge in [-0.05, 0) is 30.5 Å². The van der Waals surface area contributed by atoms with Crippen LogP contribution in [0.5, 0.6) is 0 Å². The van der Waals surface area contributed by atoms with Gasteiger partial charge in [-0.3, -0.25) is 4.79 Å². The zero-order valence-corrected chi connectivity index (χ0v) is 10.8. The van der Waals surface area contributed by atoms with Gasteiger partial charge in [0, 0.05) is 24.0 Å². The Morgan fingerprint density at radius 3 is 2.94 bits per heavy atom. The monoisotopic (exact) mass is 254 g/mol. The first kappa shape index (κ1) is 14.0. The van der Waals surface area contributed by atoms with Gasteiger partial charge in [-0.1, -0.05) is 30.7 Å². The third-order valence-corrected chi connectivity index (χ3v) is 2.83. The van der Waals surface area contributed by atoms with E-state index in [1.54, 1.807) is 0 Å². The van der Waals surface area contributed by atoms with Crippen molar-refractivity contribution in [2.75, 3.05) is 6.54 Å². The first-order chi connectivity index (χ1) is 8.11. The fraction of sp³-hybridized carbons (Fsp3) is 0.462. The van der Waals surface area contributed by atoms with Crippen molar-refractivity contribution < 1.29 is 4.79 Å². The Kier molecular flexibility index (Phi) is 6.01.